The van der Waals surface area contributed by atoms with Gasteiger partial charge in [-0.05, 0) is 105 Å². The van der Waals surface area contributed by atoms with E-state index in [1.54, 1.807) is 37.0 Å². The smallest absolute Gasteiger partial charge is 0.193 e. The Kier molecular flexibility index (Phi) is 6.51. The van der Waals surface area contributed by atoms with E-state index >= 15 is 0 Å². The van der Waals surface area contributed by atoms with Crippen LogP contribution in [0.5, 0.6) is 11.5 Å². The Bertz CT molecular complexity index is 2470. The first-order valence-corrected chi connectivity index (χ1v) is 19.5. The summed E-state index contributed by atoms with van der Waals surface area (Å²) < 4.78 is 0.774. The summed E-state index contributed by atoms with van der Waals surface area (Å²) in [5, 5.41) is 32.6. The molecule has 8 aliphatic rings. The van der Waals surface area contributed by atoms with Crippen molar-refractivity contribution >= 4 is 111 Å². The van der Waals surface area contributed by atoms with Crippen LogP contribution in [0.25, 0.3) is 11.1 Å². The number of rotatable bonds is 3. The molecule has 0 saturated carbocycles. The van der Waals surface area contributed by atoms with E-state index in [4.69, 9.17) is 9.98 Å². The highest BCUT2D eigenvalue weighted by atomic mass is 79.9. The van der Waals surface area contributed by atoms with Crippen LogP contribution in [0.3, 0.4) is 0 Å². The molecule has 6 aliphatic heterocycles. The predicted octanol–water partition coefficient (Wildman–Crippen LogP) is 4.80. The maximum Gasteiger partial charge on any atom is 0.193 e. The number of carbonyl (C=O) groups is 2. The largest absolute Gasteiger partial charge is 0.504 e. The number of anilines is 2. The summed E-state index contributed by atoms with van der Waals surface area (Å²) in [5.41, 5.74) is 3.47. The molecular formula is C36H22Br2N6O4S2. The lowest BCUT2D eigenvalue weighted by molar-refractivity contribution is -0.111. The number of phenolic OH excluding ortho intramolecular Hbond substituents is 2. The van der Waals surface area contributed by atoms with E-state index in [9.17, 15) is 19.8 Å². The third kappa shape index (κ3) is 3.93. The highest BCUT2D eigenvalue weighted by molar-refractivity contribution is 9.12. The number of phenols is 2. The van der Waals surface area contributed by atoms with Crippen LogP contribution in [-0.2, 0) is 20.4 Å². The van der Waals surface area contributed by atoms with Crippen molar-refractivity contribution in [1.29, 1.82) is 0 Å². The number of allylic oxidation sites excluding steroid dienone is 10. The normalized spacial score (nSPS) is 25.6. The van der Waals surface area contributed by atoms with E-state index in [0.717, 1.165) is 56.3 Å². The van der Waals surface area contributed by atoms with Crippen LogP contribution in [0.1, 0.15) is 24.0 Å². The van der Waals surface area contributed by atoms with Gasteiger partial charge in [0, 0.05) is 56.9 Å². The minimum absolute atomic E-state index is 0.0282. The summed E-state index contributed by atoms with van der Waals surface area (Å²) >= 11 is 7.03. The van der Waals surface area contributed by atoms with Gasteiger partial charge in [-0.15, -0.1) is 0 Å². The standard InChI is InChI=1S/C36H22Br2N6O4S2/c37-17-11-35(3-7-41-31-25(35)27-23-15(1-5-39-27)13-43-29(23)33(31)47)21(9-19(17)45)49-50-22-10-20(46)18(38)12-36(22)4-8-42-32-26(36)28-24-16(2-6-40-28)14-44-30(24)34(32)48/h3-4,7-14,41-42,47-48H,1-2,5-6H2/t35-,36-/m1/s1. The number of carbonyl (C=O) groups excluding carboxylic acids is 2. The lowest BCUT2D eigenvalue weighted by atomic mass is 9.73. The molecule has 246 valence electrons. The molecule has 10 nitrogen and oxygen atoms in total. The molecule has 10 rings (SSSR count). The number of aliphatic imine (C=N–C) groups is 2. The lowest BCUT2D eigenvalue weighted by Gasteiger charge is -2.39. The molecule has 4 N–H and O–H groups in total. The van der Waals surface area contributed by atoms with Crippen LogP contribution in [0.15, 0.2) is 87.6 Å². The second-order valence-electron chi connectivity index (χ2n) is 12.8. The van der Waals surface area contributed by atoms with Crippen LogP contribution in [0.4, 0.5) is 22.7 Å². The minimum atomic E-state index is -0.992. The average Bonchev–Trinajstić information content (AvgIpc) is 3.76. The lowest BCUT2D eigenvalue weighted by Crippen LogP contribution is -2.43. The van der Waals surface area contributed by atoms with E-state index < -0.39 is 10.8 Å². The molecule has 2 aromatic carbocycles. The van der Waals surface area contributed by atoms with E-state index in [-0.39, 0.29) is 23.1 Å². The number of nitrogens with zero attached hydrogens (tertiary/aromatic N) is 4. The van der Waals surface area contributed by atoms with Crippen molar-refractivity contribution < 1.29 is 19.8 Å². The van der Waals surface area contributed by atoms with Gasteiger partial charge < -0.3 is 20.8 Å². The van der Waals surface area contributed by atoms with Gasteiger partial charge in [0.2, 0.25) is 0 Å². The number of aromatic hydroxyl groups is 2. The van der Waals surface area contributed by atoms with Gasteiger partial charge in [-0.1, -0.05) is 21.6 Å². The maximum atomic E-state index is 13.4. The van der Waals surface area contributed by atoms with Crippen LogP contribution in [-0.4, -0.2) is 47.3 Å². The summed E-state index contributed by atoms with van der Waals surface area (Å²) in [6, 6.07) is 0. The van der Waals surface area contributed by atoms with Crippen molar-refractivity contribution in [3.8, 4) is 11.5 Å². The van der Waals surface area contributed by atoms with Crippen molar-refractivity contribution in [3.05, 3.63) is 99.9 Å². The topological polar surface area (TPSA) is 148 Å². The quantitative estimate of drug-likeness (QED) is 0.255. The molecule has 0 radical (unpaired) electrons. The first kappa shape index (κ1) is 30.6. The Morgan fingerprint density at radius 2 is 1.14 bits per heavy atom. The zero-order valence-corrected chi connectivity index (χ0v) is 30.5. The molecule has 2 spiro atoms. The molecule has 0 amide bonds. The molecular weight excluding hydrogens is 804 g/mol. The zero-order chi connectivity index (χ0) is 34.1. The van der Waals surface area contributed by atoms with Crippen molar-refractivity contribution in [2.24, 2.45) is 20.0 Å². The molecule has 0 aromatic heterocycles. The number of hydrogen-bond donors (Lipinski definition) is 4. The fourth-order valence-corrected chi connectivity index (χ4v) is 11.8. The van der Waals surface area contributed by atoms with Gasteiger partial charge >= 0.3 is 0 Å². The number of fused-ring (bicyclic) bond motifs is 6. The molecule has 6 heterocycles. The van der Waals surface area contributed by atoms with E-state index in [2.05, 4.69) is 52.5 Å². The van der Waals surface area contributed by atoms with E-state index in [1.165, 1.54) is 21.6 Å². The van der Waals surface area contributed by atoms with Gasteiger partial charge in [-0.25, -0.2) is 0 Å². The van der Waals surface area contributed by atoms with Crippen molar-refractivity contribution in [3.63, 3.8) is 0 Å². The van der Waals surface area contributed by atoms with Gasteiger partial charge in [0.05, 0.1) is 41.9 Å². The molecule has 0 saturated heterocycles. The number of halogens is 2. The fraction of sp³-hybridized carbons (Fsp3) is 0.167. The first-order chi connectivity index (χ1) is 24.2. The van der Waals surface area contributed by atoms with E-state index in [0.29, 0.717) is 54.6 Å². The van der Waals surface area contributed by atoms with Gasteiger partial charge in [-0.2, -0.15) is 0 Å². The van der Waals surface area contributed by atoms with Crippen LogP contribution in [0, 0.1) is 0 Å². The van der Waals surface area contributed by atoms with Crippen LogP contribution in [0.2, 0.25) is 0 Å². The molecule has 2 aliphatic carbocycles. The second-order valence-corrected chi connectivity index (χ2v) is 16.7. The zero-order valence-electron chi connectivity index (χ0n) is 25.7. The molecule has 0 fully saturated rings. The summed E-state index contributed by atoms with van der Waals surface area (Å²) in [5.74, 6) is -0.353. The summed E-state index contributed by atoms with van der Waals surface area (Å²) in [7, 11) is 2.74. The SMILES string of the molecule is O=C1C=C(SSC2=CC(=O)C(Br)=C[C@]23C=CNc2c(O)c4c5c(c23)=NCCC=5C=N4)[C@@]2(C=CNc3c(O)c4c5c(c32)=NCCC=5C=N4)C=C1Br. The Hall–Kier alpha value is -4.24. The van der Waals surface area contributed by atoms with Crippen molar-refractivity contribution in [2.45, 2.75) is 23.7 Å². The Morgan fingerprint density at radius 1 is 0.700 bits per heavy atom. The Labute approximate surface area is 308 Å². The summed E-state index contributed by atoms with van der Waals surface area (Å²) in [4.78, 5) is 47.1. The predicted molar refractivity (Wildman–Crippen MR) is 204 cm³/mol. The Balaban J connectivity index is 1.15. The fourth-order valence-electron chi connectivity index (χ4n) is 7.96. The average molecular weight is 827 g/mol. The number of benzene rings is 2. The number of nitrogens with one attached hydrogen (secondary N) is 2. The molecule has 0 bridgehead atoms. The number of ketones is 2. The number of hydrogen-bond acceptors (Lipinski definition) is 12. The van der Waals surface area contributed by atoms with Gasteiger partial charge in [0.15, 0.2) is 23.1 Å². The van der Waals surface area contributed by atoms with Crippen molar-refractivity contribution in [2.75, 3.05) is 23.7 Å². The van der Waals surface area contributed by atoms with Gasteiger partial charge in [-0.3, -0.25) is 29.6 Å². The Morgan fingerprint density at radius 3 is 1.58 bits per heavy atom. The highest BCUT2D eigenvalue weighted by Crippen LogP contribution is 2.59. The summed E-state index contributed by atoms with van der Waals surface area (Å²) in [6.45, 7) is 1.14. The third-order valence-corrected chi connectivity index (χ3v) is 14.1. The molecule has 50 heavy (non-hydrogen) atoms. The van der Waals surface area contributed by atoms with Crippen LogP contribution < -0.4 is 31.8 Å². The van der Waals surface area contributed by atoms with Gasteiger partial charge in [0.1, 0.15) is 11.4 Å². The maximum absolute atomic E-state index is 13.4. The van der Waals surface area contributed by atoms with Crippen LogP contribution >= 0.6 is 53.4 Å². The van der Waals surface area contributed by atoms with Crippen molar-refractivity contribution in [1.82, 2.24) is 0 Å². The summed E-state index contributed by atoms with van der Waals surface area (Å²) in [6.07, 6.45) is 19.5. The monoisotopic (exact) mass is 824 g/mol. The molecule has 2 atom stereocenters. The first-order valence-electron chi connectivity index (χ1n) is 15.8. The van der Waals surface area contributed by atoms with E-state index in [1.807, 2.05) is 24.3 Å². The minimum Gasteiger partial charge on any atom is -0.504 e. The molecule has 0 unspecified atom stereocenters. The molecule has 2 aromatic rings. The second kappa shape index (κ2) is 10.6. The third-order valence-electron chi connectivity index (χ3n) is 10.2. The van der Waals surface area contributed by atoms with Gasteiger partial charge in [0.25, 0.3) is 0 Å². The highest BCUT2D eigenvalue weighted by Gasteiger charge is 2.47. The molecule has 14 heteroatoms.